The Morgan fingerprint density at radius 1 is 1.36 bits per heavy atom. The highest BCUT2D eigenvalue weighted by atomic mass is 32.1. The van der Waals surface area contributed by atoms with Gasteiger partial charge in [0.2, 0.25) is 5.91 Å². The van der Waals surface area contributed by atoms with Crippen LogP contribution in [0.1, 0.15) is 36.0 Å². The van der Waals surface area contributed by atoms with Gasteiger partial charge in [-0.3, -0.25) is 9.78 Å². The van der Waals surface area contributed by atoms with Gasteiger partial charge >= 0.3 is 0 Å². The number of aromatic nitrogens is 4. The van der Waals surface area contributed by atoms with Crippen LogP contribution in [0.25, 0.3) is 10.8 Å². The molecule has 3 aromatic rings. The minimum Gasteiger partial charge on any atom is -0.417 e. The van der Waals surface area contributed by atoms with Crippen molar-refractivity contribution >= 4 is 22.9 Å². The Hall–Kier alpha value is -2.68. The molecule has 1 aliphatic heterocycles. The summed E-state index contributed by atoms with van der Waals surface area (Å²) >= 11 is 1.34. The van der Waals surface area contributed by atoms with E-state index in [-0.39, 0.29) is 17.7 Å². The highest BCUT2D eigenvalue weighted by molar-refractivity contribution is 7.15. The van der Waals surface area contributed by atoms with Crippen LogP contribution in [0.5, 0.6) is 0 Å². The van der Waals surface area contributed by atoms with Crippen molar-refractivity contribution in [3.05, 3.63) is 41.1 Å². The molecule has 0 N–H and O–H groups in total. The molecule has 0 radical (unpaired) electrons. The lowest BCUT2D eigenvalue weighted by Gasteiger charge is -2.28. The third-order valence-corrected chi connectivity index (χ3v) is 4.90. The van der Waals surface area contributed by atoms with Crippen molar-refractivity contribution in [3.8, 4) is 10.8 Å². The standard InChI is InChI=1S/C16H14FN5O2S/c1-9(17)15-20-21-16(24-15)12-7-19-13(25-12)8-22-11-6-18-5-4-10(11)2-3-14(22)23/h4-7,9H,2-3,8H2,1H3. The quantitative estimate of drug-likeness (QED) is 0.712. The van der Waals surface area contributed by atoms with Crippen molar-refractivity contribution in [2.75, 3.05) is 4.90 Å². The number of fused-ring (bicyclic) bond motifs is 1. The molecule has 0 aliphatic carbocycles. The highest BCUT2D eigenvalue weighted by Crippen LogP contribution is 2.31. The summed E-state index contributed by atoms with van der Waals surface area (Å²) in [6.45, 7) is 1.69. The lowest BCUT2D eigenvalue weighted by Crippen LogP contribution is -2.34. The second-order valence-corrected chi connectivity index (χ2v) is 6.78. The summed E-state index contributed by atoms with van der Waals surface area (Å²) in [5.41, 5.74) is 1.92. The maximum Gasteiger partial charge on any atom is 0.259 e. The van der Waals surface area contributed by atoms with Crippen LogP contribution in [0, 0.1) is 0 Å². The van der Waals surface area contributed by atoms with Crippen molar-refractivity contribution in [2.45, 2.75) is 32.5 Å². The number of halogens is 1. The van der Waals surface area contributed by atoms with Gasteiger partial charge in [0.25, 0.3) is 11.8 Å². The van der Waals surface area contributed by atoms with Crippen LogP contribution >= 0.6 is 11.3 Å². The number of alkyl halides is 1. The van der Waals surface area contributed by atoms with Crippen LogP contribution in [0.3, 0.4) is 0 Å². The molecule has 1 atom stereocenters. The number of hydrogen-bond acceptors (Lipinski definition) is 7. The van der Waals surface area contributed by atoms with E-state index in [0.29, 0.717) is 17.8 Å². The molecule has 0 aromatic carbocycles. The molecule has 1 unspecified atom stereocenters. The topological polar surface area (TPSA) is 85.0 Å². The molecule has 0 spiro atoms. The first kappa shape index (κ1) is 15.8. The number of anilines is 1. The van der Waals surface area contributed by atoms with Crippen LogP contribution < -0.4 is 4.90 Å². The monoisotopic (exact) mass is 359 g/mol. The molecule has 0 saturated carbocycles. The maximum absolute atomic E-state index is 13.2. The number of rotatable bonds is 4. The normalized spacial score (nSPS) is 15.3. The lowest BCUT2D eigenvalue weighted by molar-refractivity contribution is -0.119. The van der Waals surface area contributed by atoms with E-state index in [1.54, 1.807) is 23.5 Å². The highest BCUT2D eigenvalue weighted by Gasteiger charge is 2.25. The van der Waals surface area contributed by atoms with Crippen molar-refractivity contribution in [1.82, 2.24) is 20.2 Å². The second kappa shape index (κ2) is 6.32. The first-order valence-corrected chi connectivity index (χ1v) is 8.59. The Morgan fingerprint density at radius 3 is 3.04 bits per heavy atom. The largest absolute Gasteiger partial charge is 0.417 e. The molecule has 4 heterocycles. The average Bonchev–Trinajstić information content (AvgIpc) is 3.26. The molecule has 0 bridgehead atoms. The van der Waals surface area contributed by atoms with E-state index in [4.69, 9.17) is 4.42 Å². The molecule has 7 nitrogen and oxygen atoms in total. The number of carbonyl (C=O) groups excluding carboxylic acids is 1. The SMILES string of the molecule is CC(F)c1nnc(-c2cnc(CN3C(=O)CCc4ccncc43)s2)o1. The van der Waals surface area contributed by atoms with Gasteiger partial charge in [0.15, 0.2) is 6.17 Å². The zero-order valence-corrected chi connectivity index (χ0v) is 14.2. The van der Waals surface area contributed by atoms with Gasteiger partial charge in [0.1, 0.15) is 9.88 Å². The predicted molar refractivity (Wildman–Crippen MR) is 88.7 cm³/mol. The van der Waals surface area contributed by atoms with Crippen LogP contribution in [0.15, 0.2) is 29.1 Å². The molecule has 25 heavy (non-hydrogen) atoms. The number of hydrogen-bond donors (Lipinski definition) is 0. The van der Waals surface area contributed by atoms with Gasteiger partial charge in [-0.15, -0.1) is 21.5 Å². The van der Waals surface area contributed by atoms with Gasteiger partial charge in [-0.1, -0.05) is 0 Å². The smallest absolute Gasteiger partial charge is 0.259 e. The molecule has 9 heteroatoms. The Labute approximate surface area is 146 Å². The van der Waals surface area contributed by atoms with Gasteiger partial charge in [0, 0.05) is 12.6 Å². The summed E-state index contributed by atoms with van der Waals surface area (Å²) in [5, 5.41) is 8.24. The van der Waals surface area contributed by atoms with E-state index in [2.05, 4.69) is 20.2 Å². The fraction of sp³-hybridized carbons (Fsp3) is 0.312. The Bertz CT molecular complexity index is 923. The van der Waals surface area contributed by atoms with Crippen LogP contribution in [0.4, 0.5) is 10.1 Å². The van der Waals surface area contributed by atoms with Crippen molar-refractivity contribution in [1.29, 1.82) is 0 Å². The number of nitrogens with zero attached hydrogens (tertiary/aromatic N) is 5. The third kappa shape index (κ3) is 3.02. The molecule has 1 amide bonds. The molecular formula is C16H14FN5O2S. The first-order valence-electron chi connectivity index (χ1n) is 7.77. The molecule has 4 rings (SSSR count). The van der Waals surface area contributed by atoms with Crippen molar-refractivity contribution in [2.24, 2.45) is 0 Å². The fourth-order valence-corrected chi connectivity index (χ4v) is 3.49. The second-order valence-electron chi connectivity index (χ2n) is 5.66. The van der Waals surface area contributed by atoms with E-state index < -0.39 is 6.17 Å². The summed E-state index contributed by atoms with van der Waals surface area (Å²) in [5.74, 6) is 0.218. The summed E-state index contributed by atoms with van der Waals surface area (Å²) in [4.78, 5) is 23.1. The molecule has 3 aromatic heterocycles. The Morgan fingerprint density at radius 2 is 2.24 bits per heavy atom. The zero-order valence-electron chi connectivity index (χ0n) is 13.3. The van der Waals surface area contributed by atoms with Crippen LogP contribution in [-0.4, -0.2) is 26.1 Å². The molecule has 128 valence electrons. The van der Waals surface area contributed by atoms with E-state index in [0.717, 1.165) is 22.7 Å². The molecule has 0 saturated heterocycles. The first-order chi connectivity index (χ1) is 12.1. The third-order valence-electron chi connectivity index (χ3n) is 3.93. The zero-order chi connectivity index (χ0) is 17.4. The number of aryl methyl sites for hydroxylation is 1. The summed E-state index contributed by atoms with van der Waals surface area (Å²) in [6.07, 6.45) is 4.91. The Kier molecular flexibility index (Phi) is 4.00. The van der Waals surface area contributed by atoms with Gasteiger partial charge < -0.3 is 9.32 Å². The summed E-state index contributed by atoms with van der Waals surface area (Å²) < 4.78 is 18.5. The molecule has 1 aliphatic rings. The van der Waals surface area contributed by atoms with Crippen LogP contribution in [0.2, 0.25) is 0 Å². The van der Waals surface area contributed by atoms with Crippen molar-refractivity contribution in [3.63, 3.8) is 0 Å². The van der Waals surface area contributed by atoms with Gasteiger partial charge in [-0.2, -0.15) is 0 Å². The minimum absolute atomic E-state index is 0.0450. The Balaban J connectivity index is 1.58. The average molecular weight is 359 g/mol. The van der Waals surface area contributed by atoms with E-state index >= 15 is 0 Å². The van der Waals surface area contributed by atoms with Crippen molar-refractivity contribution < 1.29 is 13.6 Å². The number of thiazole rings is 1. The molecular weight excluding hydrogens is 345 g/mol. The van der Waals surface area contributed by atoms with E-state index in [1.807, 2.05) is 6.07 Å². The van der Waals surface area contributed by atoms with Gasteiger partial charge in [0.05, 0.1) is 24.6 Å². The fourth-order valence-electron chi connectivity index (χ4n) is 2.67. The maximum atomic E-state index is 13.2. The van der Waals surface area contributed by atoms with Gasteiger partial charge in [-0.25, -0.2) is 9.37 Å². The number of pyridine rings is 1. The summed E-state index contributed by atoms with van der Waals surface area (Å²) in [6, 6.07) is 1.93. The molecule has 0 fully saturated rings. The number of carbonyl (C=O) groups is 1. The van der Waals surface area contributed by atoms with Gasteiger partial charge in [-0.05, 0) is 25.0 Å². The number of amides is 1. The summed E-state index contributed by atoms with van der Waals surface area (Å²) in [7, 11) is 0. The van der Waals surface area contributed by atoms with E-state index in [9.17, 15) is 9.18 Å². The van der Waals surface area contributed by atoms with E-state index in [1.165, 1.54) is 18.3 Å². The lowest BCUT2D eigenvalue weighted by atomic mass is 10.0. The van der Waals surface area contributed by atoms with Crippen LogP contribution in [-0.2, 0) is 17.8 Å². The minimum atomic E-state index is -1.32. The predicted octanol–water partition coefficient (Wildman–Crippen LogP) is 3.10.